The van der Waals surface area contributed by atoms with Crippen molar-refractivity contribution < 1.29 is 9.53 Å². The van der Waals surface area contributed by atoms with Crippen molar-refractivity contribution in [2.45, 2.75) is 58.2 Å². The number of methoxy groups -OCH3 is 1. The Labute approximate surface area is 97.9 Å². The van der Waals surface area contributed by atoms with Crippen LogP contribution in [0.15, 0.2) is 0 Å². The van der Waals surface area contributed by atoms with Gasteiger partial charge in [0.25, 0.3) is 0 Å². The average Bonchev–Trinajstić information content (AvgIpc) is 2.22. The van der Waals surface area contributed by atoms with Crippen molar-refractivity contribution in [1.29, 1.82) is 0 Å². The number of nitrogens with one attached hydrogen (secondary N) is 1. The summed E-state index contributed by atoms with van der Waals surface area (Å²) in [6.45, 7) is 7.90. The molecule has 16 heavy (non-hydrogen) atoms. The topological polar surface area (TPSA) is 64.4 Å². The maximum Gasteiger partial charge on any atom is 0.240 e. The molecule has 0 bridgehead atoms. The minimum Gasteiger partial charge on any atom is -0.381 e. The van der Waals surface area contributed by atoms with Gasteiger partial charge in [0.1, 0.15) is 0 Å². The van der Waals surface area contributed by atoms with E-state index in [0.29, 0.717) is 6.42 Å². The zero-order valence-corrected chi connectivity index (χ0v) is 11.0. The maximum absolute atomic E-state index is 11.9. The Morgan fingerprint density at radius 1 is 1.62 bits per heavy atom. The number of amides is 1. The lowest BCUT2D eigenvalue weighted by atomic mass is 9.64. The summed E-state index contributed by atoms with van der Waals surface area (Å²) in [7, 11) is 1.71. The second kappa shape index (κ2) is 4.34. The van der Waals surface area contributed by atoms with Crippen LogP contribution in [0.25, 0.3) is 0 Å². The van der Waals surface area contributed by atoms with Gasteiger partial charge in [-0.1, -0.05) is 20.8 Å². The van der Waals surface area contributed by atoms with E-state index < -0.39 is 5.54 Å². The lowest BCUT2D eigenvalue weighted by molar-refractivity contribution is -0.137. The molecule has 3 atom stereocenters. The third-order valence-electron chi connectivity index (χ3n) is 4.02. The summed E-state index contributed by atoms with van der Waals surface area (Å²) in [5.41, 5.74) is 5.12. The minimum atomic E-state index is -0.770. The molecule has 1 aliphatic carbocycles. The van der Waals surface area contributed by atoms with Crippen molar-refractivity contribution in [2.24, 2.45) is 11.1 Å². The first kappa shape index (κ1) is 13.5. The number of hydrogen-bond donors (Lipinski definition) is 2. The summed E-state index contributed by atoms with van der Waals surface area (Å²) < 4.78 is 5.34. The van der Waals surface area contributed by atoms with E-state index in [1.165, 1.54) is 0 Å². The summed E-state index contributed by atoms with van der Waals surface area (Å²) >= 11 is 0. The van der Waals surface area contributed by atoms with Crippen LogP contribution in [0.2, 0.25) is 0 Å². The molecule has 0 spiro atoms. The predicted molar refractivity (Wildman–Crippen MR) is 64.0 cm³/mol. The number of hydrogen-bond acceptors (Lipinski definition) is 3. The second-order valence-corrected chi connectivity index (χ2v) is 5.58. The van der Waals surface area contributed by atoms with Crippen molar-refractivity contribution in [3.8, 4) is 0 Å². The van der Waals surface area contributed by atoms with E-state index in [9.17, 15) is 4.79 Å². The van der Waals surface area contributed by atoms with Crippen LogP contribution < -0.4 is 11.1 Å². The molecule has 4 nitrogen and oxygen atoms in total. The fraction of sp³-hybridized carbons (Fsp3) is 0.917. The third-order valence-corrected chi connectivity index (χ3v) is 4.02. The Kier molecular flexibility index (Phi) is 3.65. The lowest BCUT2D eigenvalue weighted by Crippen LogP contribution is -2.65. The van der Waals surface area contributed by atoms with Crippen molar-refractivity contribution in [1.82, 2.24) is 5.32 Å². The SMILES string of the molecule is CCC(C)(N)C(=O)NC1CC(OC)C1(C)C. The molecule has 0 radical (unpaired) electrons. The maximum atomic E-state index is 11.9. The quantitative estimate of drug-likeness (QED) is 0.755. The molecule has 1 amide bonds. The van der Waals surface area contributed by atoms with Gasteiger partial charge in [-0.25, -0.2) is 0 Å². The highest BCUT2D eigenvalue weighted by Gasteiger charge is 2.50. The van der Waals surface area contributed by atoms with Crippen LogP contribution in [-0.2, 0) is 9.53 Å². The summed E-state index contributed by atoms with van der Waals surface area (Å²) in [6, 6.07) is 0.166. The molecule has 0 aliphatic heterocycles. The van der Waals surface area contributed by atoms with Crippen LogP contribution in [0, 0.1) is 5.41 Å². The van der Waals surface area contributed by atoms with Gasteiger partial charge in [-0.2, -0.15) is 0 Å². The van der Waals surface area contributed by atoms with Crippen LogP contribution >= 0.6 is 0 Å². The molecule has 0 heterocycles. The Morgan fingerprint density at radius 3 is 2.56 bits per heavy atom. The number of rotatable bonds is 4. The monoisotopic (exact) mass is 228 g/mol. The van der Waals surface area contributed by atoms with E-state index in [1.807, 2.05) is 6.92 Å². The Bertz CT molecular complexity index is 274. The van der Waals surface area contributed by atoms with Crippen molar-refractivity contribution in [2.75, 3.05) is 7.11 Å². The van der Waals surface area contributed by atoms with Gasteiger partial charge in [-0.3, -0.25) is 4.79 Å². The summed E-state index contributed by atoms with van der Waals surface area (Å²) in [6.07, 6.45) is 1.73. The number of carbonyl (C=O) groups excluding carboxylic acids is 1. The van der Waals surface area contributed by atoms with E-state index >= 15 is 0 Å². The molecule has 1 rings (SSSR count). The highest BCUT2D eigenvalue weighted by molar-refractivity contribution is 5.85. The molecular weight excluding hydrogens is 204 g/mol. The lowest BCUT2D eigenvalue weighted by Gasteiger charge is -2.51. The van der Waals surface area contributed by atoms with Gasteiger partial charge < -0.3 is 15.8 Å². The van der Waals surface area contributed by atoms with E-state index in [2.05, 4.69) is 19.2 Å². The van der Waals surface area contributed by atoms with Crippen LogP contribution in [0.3, 0.4) is 0 Å². The van der Waals surface area contributed by atoms with Gasteiger partial charge in [0.05, 0.1) is 11.6 Å². The van der Waals surface area contributed by atoms with Gasteiger partial charge in [0.15, 0.2) is 0 Å². The molecule has 0 saturated heterocycles. The van der Waals surface area contributed by atoms with Crippen LogP contribution in [0.4, 0.5) is 0 Å². The van der Waals surface area contributed by atoms with E-state index in [1.54, 1.807) is 14.0 Å². The Balaban J connectivity index is 2.55. The van der Waals surface area contributed by atoms with Crippen LogP contribution in [-0.4, -0.2) is 30.7 Å². The molecule has 0 aromatic carbocycles. The molecule has 0 aromatic heterocycles. The summed E-state index contributed by atoms with van der Waals surface area (Å²) in [5.74, 6) is -0.0670. The number of nitrogens with two attached hydrogens (primary N) is 1. The first-order chi connectivity index (χ1) is 7.25. The van der Waals surface area contributed by atoms with Gasteiger partial charge in [-0.15, -0.1) is 0 Å². The zero-order chi connectivity index (χ0) is 12.6. The van der Waals surface area contributed by atoms with Crippen LogP contribution in [0.1, 0.15) is 40.5 Å². The second-order valence-electron chi connectivity index (χ2n) is 5.58. The van der Waals surface area contributed by atoms with Gasteiger partial charge >= 0.3 is 0 Å². The van der Waals surface area contributed by atoms with E-state index in [-0.39, 0.29) is 23.5 Å². The van der Waals surface area contributed by atoms with E-state index in [4.69, 9.17) is 10.5 Å². The van der Waals surface area contributed by atoms with Crippen molar-refractivity contribution in [3.05, 3.63) is 0 Å². The number of ether oxygens (including phenoxy) is 1. The normalized spacial score (nSPS) is 31.4. The van der Waals surface area contributed by atoms with Gasteiger partial charge in [0, 0.05) is 18.6 Å². The summed E-state index contributed by atoms with van der Waals surface area (Å²) in [5, 5.41) is 3.02. The fourth-order valence-electron chi connectivity index (χ4n) is 2.01. The molecule has 94 valence electrons. The van der Waals surface area contributed by atoms with Crippen LogP contribution in [0.5, 0.6) is 0 Å². The van der Waals surface area contributed by atoms with E-state index in [0.717, 1.165) is 6.42 Å². The van der Waals surface area contributed by atoms with Crippen molar-refractivity contribution in [3.63, 3.8) is 0 Å². The minimum absolute atomic E-state index is 0.00572. The molecular formula is C12H24N2O2. The highest BCUT2D eigenvalue weighted by atomic mass is 16.5. The van der Waals surface area contributed by atoms with Crippen molar-refractivity contribution >= 4 is 5.91 Å². The summed E-state index contributed by atoms with van der Waals surface area (Å²) in [4.78, 5) is 11.9. The molecule has 1 saturated carbocycles. The molecule has 4 heteroatoms. The molecule has 3 N–H and O–H groups in total. The smallest absolute Gasteiger partial charge is 0.240 e. The Morgan fingerprint density at radius 2 is 2.19 bits per heavy atom. The van der Waals surface area contributed by atoms with Gasteiger partial charge in [0.2, 0.25) is 5.91 Å². The van der Waals surface area contributed by atoms with Gasteiger partial charge in [-0.05, 0) is 19.8 Å². The molecule has 0 aromatic rings. The largest absolute Gasteiger partial charge is 0.381 e. The molecule has 1 fully saturated rings. The standard InChI is InChI=1S/C12H24N2O2/c1-6-12(4,13)10(15)14-8-7-9(16-5)11(8,2)3/h8-9H,6-7,13H2,1-5H3,(H,14,15). The highest BCUT2D eigenvalue weighted by Crippen LogP contribution is 2.42. The first-order valence-electron chi connectivity index (χ1n) is 5.88. The molecule has 3 unspecified atom stereocenters. The predicted octanol–water partition coefficient (Wildman–Crippen LogP) is 1.04. The third kappa shape index (κ3) is 2.23. The number of carbonyl (C=O) groups is 1. The zero-order valence-electron chi connectivity index (χ0n) is 11.0. The molecule has 1 aliphatic rings. The first-order valence-corrected chi connectivity index (χ1v) is 5.88. The average molecular weight is 228 g/mol. The fourth-order valence-corrected chi connectivity index (χ4v) is 2.01. The Hall–Kier alpha value is -0.610.